The van der Waals surface area contributed by atoms with Crippen LogP contribution in [0.25, 0.3) is 0 Å². The zero-order valence-corrected chi connectivity index (χ0v) is 18.4. The van der Waals surface area contributed by atoms with Crippen LogP contribution in [0, 0.1) is 11.7 Å². The predicted octanol–water partition coefficient (Wildman–Crippen LogP) is 5.01. The zero-order valence-electron chi connectivity index (χ0n) is 17.7. The molecule has 0 atom stereocenters. The molecule has 1 heterocycles. The van der Waals surface area contributed by atoms with Crippen LogP contribution in [-0.4, -0.2) is 37.0 Å². The van der Waals surface area contributed by atoms with Gasteiger partial charge in [0.15, 0.2) is 0 Å². The highest BCUT2D eigenvalue weighted by molar-refractivity contribution is 6.30. The second-order valence-corrected chi connectivity index (χ2v) is 8.55. The summed E-state index contributed by atoms with van der Waals surface area (Å²) in [6, 6.07) is 12.8. The first kappa shape index (κ1) is 22.6. The van der Waals surface area contributed by atoms with Crippen molar-refractivity contribution in [3.63, 3.8) is 0 Å². The van der Waals surface area contributed by atoms with Crippen LogP contribution >= 0.6 is 11.6 Å². The van der Waals surface area contributed by atoms with Gasteiger partial charge in [0.25, 0.3) is 0 Å². The van der Waals surface area contributed by atoms with Crippen molar-refractivity contribution in [1.82, 2.24) is 10.2 Å². The summed E-state index contributed by atoms with van der Waals surface area (Å²) in [5, 5.41) is 3.40. The Hall–Kier alpha value is -2.11. The smallest absolute Gasteiger partial charge is 0.223 e. The van der Waals surface area contributed by atoms with Gasteiger partial charge in [0.1, 0.15) is 18.2 Å². The second kappa shape index (κ2) is 10.8. The Kier molecular flexibility index (Phi) is 8.11. The lowest BCUT2D eigenvalue weighted by atomic mass is 9.95. The Morgan fingerprint density at radius 1 is 1.23 bits per heavy atom. The van der Waals surface area contributed by atoms with E-state index in [1.165, 1.54) is 11.6 Å². The number of hydrogen-bond acceptors (Lipinski definition) is 3. The molecule has 0 radical (unpaired) electrons. The summed E-state index contributed by atoms with van der Waals surface area (Å²) in [6.45, 7) is 7.30. The molecule has 2 aromatic carbocycles. The van der Waals surface area contributed by atoms with Gasteiger partial charge < -0.3 is 10.1 Å². The molecule has 1 aliphatic rings. The molecule has 0 saturated carbocycles. The van der Waals surface area contributed by atoms with Crippen molar-refractivity contribution in [3.8, 4) is 5.75 Å². The third kappa shape index (κ3) is 6.19. The quantitative estimate of drug-likeness (QED) is 0.596. The maximum atomic E-state index is 14.0. The Balaban J connectivity index is 1.38. The van der Waals surface area contributed by atoms with Gasteiger partial charge in [-0.3, -0.25) is 9.69 Å². The molecule has 1 amide bonds. The van der Waals surface area contributed by atoms with Crippen molar-refractivity contribution in [3.05, 3.63) is 64.4 Å². The number of hydrogen-bond donors (Lipinski definition) is 1. The molecule has 2 aromatic rings. The van der Waals surface area contributed by atoms with E-state index < -0.39 is 0 Å². The highest BCUT2D eigenvalue weighted by Crippen LogP contribution is 2.26. The van der Waals surface area contributed by atoms with Gasteiger partial charge in [0.05, 0.1) is 6.54 Å². The van der Waals surface area contributed by atoms with Gasteiger partial charge in [0, 0.05) is 23.0 Å². The summed E-state index contributed by atoms with van der Waals surface area (Å²) in [4.78, 5) is 14.7. The molecule has 0 aliphatic carbocycles. The minimum absolute atomic E-state index is 0.000681. The number of likely N-dealkylation sites (tertiary alicyclic amines) is 1. The largest absolute Gasteiger partial charge is 0.491 e. The SMILES string of the molecule is CC(C)c1ccccc1OCCNC(=O)C1CCN(Cc2ccc(Cl)cc2F)CC1. The molecular formula is C24H30ClFN2O2. The molecule has 30 heavy (non-hydrogen) atoms. The lowest BCUT2D eigenvalue weighted by Crippen LogP contribution is -2.41. The van der Waals surface area contributed by atoms with E-state index in [2.05, 4.69) is 30.1 Å². The summed E-state index contributed by atoms with van der Waals surface area (Å²) in [5.41, 5.74) is 1.81. The van der Waals surface area contributed by atoms with E-state index in [1.54, 1.807) is 12.1 Å². The summed E-state index contributed by atoms with van der Waals surface area (Å²) < 4.78 is 19.9. The number of carbonyl (C=O) groups is 1. The fourth-order valence-electron chi connectivity index (χ4n) is 3.81. The lowest BCUT2D eigenvalue weighted by Gasteiger charge is -2.31. The fraction of sp³-hybridized carbons (Fsp3) is 0.458. The first-order valence-electron chi connectivity index (χ1n) is 10.6. The molecule has 0 unspecified atom stereocenters. The average molecular weight is 433 g/mol. The summed E-state index contributed by atoms with van der Waals surface area (Å²) >= 11 is 5.82. The summed E-state index contributed by atoms with van der Waals surface area (Å²) in [6.07, 6.45) is 1.55. The Labute approximate surface area is 183 Å². The van der Waals surface area contributed by atoms with E-state index in [0.717, 1.165) is 31.7 Å². The third-order valence-electron chi connectivity index (χ3n) is 5.57. The number of piperidine rings is 1. The lowest BCUT2D eigenvalue weighted by molar-refractivity contribution is -0.126. The van der Waals surface area contributed by atoms with E-state index in [-0.39, 0.29) is 17.6 Å². The molecule has 1 fully saturated rings. The molecule has 0 spiro atoms. The molecule has 4 nitrogen and oxygen atoms in total. The number of para-hydroxylation sites is 1. The number of nitrogens with zero attached hydrogens (tertiary/aromatic N) is 1. The van der Waals surface area contributed by atoms with E-state index >= 15 is 0 Å². The maximum absolute atomic E-state index is 14.0. The highest BCUT2D eigenvalue weighted by Gasteiger charge is 2.25. The average Bonchev–Trinajstić information content (AvgIpc) is 2.74. The monoisotopic (exact) mass is 432 g/mol. The topological polar surface area (TPSA) is 41.6 Å². The standard InChI is InChI=1S/C24H30ClFN2O2/c1-17(2)21-5-3-4-6-23(21)30-14-11-27-24(29)18-9-12-28(13-10-18)16-19-7-8-20(25)15-22(19)26/h3-8,15,17-18H,9-14,16H2,1-2H3,(H,27,29). The van der Waals surface area contributed by atoms with Crippen molar-refractivity contribution < 1.29 is 13.9 Å². The molecule has 0 aromatic heterocycles. The molecule has 3 rings (SSSR count). The molecule has 1 saturated heterocycles. The van der Waals surface area contributed by atoms with Gasteiger partial charge in [-0.05, 0) is 55.6 Å². The van der Waals surface area contributed by atoms with Crippen molar-refractivity contribution in [2.24, 2.45) is 5.92 Å². The van der Waals surface area contributed by atoms with Crippen LogP contribution in [0.1, 0.15) is 43.7 Å². The van der Waals surface area contributed by atoms with E-state index in [4.69, 9.17) is 16.3 Å². The van der Waals surface area contributed by atoms with Gasteiger partial charge in [-0.2, -0.15) is 0 Å². The Morgan fingerprint density at radius 2 is 1.97 bits per heavy atom. The molecular weight excluding hydrogens is 403 g/mol. The van der Waals surface area contributed by atoms with Crippen LogP contribution in [0.3, 0.4) is 0 Å². The van der Waals surface area contributed by atoms with Gasteiger partial charge in [-0.1, -0.05) is 49.7 Å². The van der Waals surface area contributed by atoms with E-state index in [1.807, 2.05) is 18.2 Å². The minimum Gasteiger partial charge on any atom is -0.491 e. The van der Waals surface area contributed by atoms with Crippen molar-refractivity contribution in [2.75, 3.05) is 26.2 Å². The molecule has 0 bridgehead atoms. The molecule has 162 valence electrons. The van der Waals surface area contributed by atoms with Crippen LogP contribution in [0.2, 0.25) is 5.02 Å². The van der Waals surface area contributed by atoms with E-state index in [9.17, 15) is 9.18 Å². The number of benzene rings is 2. The number of amides is 1. The van der Waals surface area contributed by atoms with Crippen molar-refractivity contribution in [2.45, 2.75) is 39.2 Å². The molecule has 1 N–H and O–H groups in total. The Bertz CT molecular complexity index is 851. The summed E-state index contributed by atoms with van der Waals surface area (Å²) in [7, 11) is 0. The molecule has 1 aliphatic heterocycles. The third-order valence-corrected chi connectivity index (χ3v) is 5.80. The predicted molar refractivity (Wildman–Crippen MR) is 118 cm³/mol. The fourth-order valence-corrected chi connectivity index (χ4v) is 3.97. The van der Waals surface area contributed by atoms with Gasteiger partial charge in [0.2, 0.25) is 5.91 Å². The number of ether oxygens (including phenoxy) is 1. The van der Waals surface area contributed by atoms with Crippen molar-refractivity contribution in [1.29, 1.82) is 0 Å². The van der Waals surface area contributed by atoms with Gasteiger partial charge in [-0.15, -0.1) is 0 Å². The first-order chi connectivity index (χ1) is 14.4. The number of carbonyl (C=O) groups excluding carboxylic acids is 1. The Morgan fingerprint density at radius 3 is 2.67 bits per heavy atom. The number of halogens is 2. The number of nitrogens with one attached hydrogen (secondary N) is 1. The van der Waals surface area contributed by atoms with Crippen LogP contribution in [0.5, 0.6) is 5.75 Å². The van der Waals surface area contributed by atoms with Crippen LogP contribution in [0.4, 0.5) is 4.39 Å². The highest BCUT2D eigenvalue weighted by atomic mass is 35.5. The minimum atomic E-state index is -0.276. The van der Waals surface area contributed by atoms with Gasteiger partial charge in [-0.25, -0.2) is 4.39 Å². The zero-order chi connectivity index (χ0) is 21.5. The van der Waals surface area contributed by atoms with E-state index in [0.29, 0.717) is 36.2 Å². The van der Waals surface area contributed by atoms with Crippen LogP contribution in [-0.2, 0) is 11.3 Å². The second-order valence-electron chi connectivity index (χ2n) is 8.12. The van der Waals surface area contributed by atoms with Gasteiger partial charge >= 0.3 is 0 Å². The van der Waals surface area contributed by atoms with Crippen molar-refractivity contribution >= 4 is 17.5 Å². The van der Waals surface area contributed by atoms with Crippen LogP contribution in [0.15, 0.2) is 42.5 Å². The first-order valence-corrected chi connectivity index (χ1v) is 11.0. The normalized spacial score (nSPS) is 15.4. The van der Waals surface area contributed by atoms with Crippen LogP contribution < -0.4 is 10.1 Å². The number of rotatable bonds is 8. The maximum Gasteiger partial charge on any atom is 0.223 e. The summed E-state index contributed by atoms with van der Waals surface area (Å²) in [5.74, 6) is 1.07. The molecule has 6 heteroatoms.